The van der Waals surface area contributed by atoms with Crippen molar-refractivity contribution in [3.05, 3.63) is 193 Å². The summed E-state index contributed by atoms with van der Waals surface area (Å²) in [7, 11) is 0. The van der Waals surface area contributed by atoms with Gasteiger partial charge in [-0.15, -0.1) is 24.3 Å². The molecule has 0 aliphatic rings. The van der Waals surface area contributed by atoms with Crippen molar-refractivity contribution in [1.29, 1.82) is 0 Å². The van der Waals surface area contributed by atoms with E-state index in [1.807, 2.05) is 62.4 Å². The van der Waals surface area contributed by atoms with Crippen molar-refractivity contribution in [3.8, 4) is 22.5 Å². The van der Waals surface area contributed by atoms with Crippen LogP contribution in [-0.4, -0.2) is 19.9 Å². The standard InChI is InChI=1S/2C12H9N2.2C11H6F2N.2Pt/c2*1-8-6-7-10-9-4-2-3-5-11(9)14-12(10)13-8;2*12-8-4-5-9(10(13)7-8)11-3-1-2-6-14-11;;/h2*2-7H,1H3;2*1-4,6-7H;;/q4*-1;2*+2. The summed E-state index contributed by atoms with van der Waals surface area (Å²) in [6.45, 7) is 3.97. The number of para-hydroxylation sites is 2. The minimum atomic E-state index is -0.649. The predicted molar refractivity (Wildman–Crippen MR) is 211 cm³/mol. The molecule has 0 fully saturated rings. The fourth-order valence-corrected chi connectivity index (χ4v) is 5.81. The van der Waals surface area contributed by atoms with E-state index in [4.69, 9.17) is 0 Å². The Morgan fingerprint density at radius 2 is 0.862 bits per heavy atom. The number of aromatic nitrogens is 6. The maximum Gasteiger partial charge on any atom is 2.00 e. The van der Waals surface area contributed by atoms with Crippen molar-refractivity contribution in [2.45, 2.75) is 13.8 Å². The maximum absolute atomic E-state index is 13.2. The van der Waals surface area contributed by atoms with Gasteiger partial charge in [-0.05, 0) is 69.9 Å². The van der Waals surface area contributed by atoms with Gasteiger partial charge in [-0.2, -0.15) is 0 Å². The van der Waals surface area contributed by atoms with Gasteiger partial charge in [-0.3, -0.25) is 17.6 Å². The Balaban J connectivity index is 0.000000146. The Morgan fingerprint density at radius 3 is 1.24 bits per heavy atom. The molecule has 58 heavy (non-hydrogen) atoms. The molecule has 0 radical (unpaired) electrons. The summed E-state index contributed by atoms with van der Waals surface area (Å²) in [6, 6.07) is 43.6. The molecule has 0 N–H and O–H groups in total. The number of rotatable bonds is 2. The van der Waals surface area contributed by atoms with Gasteiger partial charge in [-0.1, -0.05) is 143 Å². The Hall–Kier alpha value is -5.82. The van der Waals surface area contributed by atoms with E-state index in [0.29, 0.717) is 11.4 Å². The Labute approximate surface area is 360 Å². The van der Waals surface area contributed by atoms with E-state index in [1.54, 1.807) is 48.8 Å². The number of hydrogen-bond acceptors (Lipinski definition) is 4. The second kappa shape index (κ2) is 20.0. The molecule has 0 saturated heterocycles. The number of pyridine rings is 4. The second-order valence-electron chi connectivity index (χ2n) is 12.4. The zero-order valence-electron chi connectivity index (χ0n) is 30.7. The normalized spacial score (nSPS) is 10.3. The SMILES string of the molecule is Cc1ccc2c(n1)[n-]c1ccccc12.Cc1ccc2c(n1)[n-]c1ccccc12.Fc1c[c-]c(-c2ccccn2)c(F)c1.Fc1c[c-]c(-c2ccccn2)c(F)c1.[Pt+2].[Pt+2]. The fourth-order valence-electron chi connectivity index (χ4n) is 5.81. The zero-order valence-corrected chi connectivity index (χ0v) is 35.2. The summed E-state index contributed by atoms with van der Waals surface area (Å²) in [6.07, 6.45) is 3.10. The third-order valence-corrected chi connectivity index (χ3v) is 8.43. The number of nitrogens with zero attached hydrogens (tertiary/aromatic N) is 6. The van der Waals surface area contributed by atoms with Crippen LogP contribution in [0.5, 0.6) is 0 Å². The van der Waals surface area contributed by atoms with Crippen molar-refractivity contribution in [3.63, 3.8) is 0 Å². The average molecular weight is 1130 g/mol. The molecule has 6 nitrogen and oxygen atoms in total. The van der Waals surface area contributed by atoms with E-state index >= 15 is 0 Å². The van der Waals surface area contributed by atoms with Crippen molar-refractivity contribution >= 4 is 43.9 Å². The first-order valence-corrected chi connectivity index (χ1v) is 17.4. The molecule has 0 aliphatic heterocycles. The number of hydrogen-bond donors (Lipinski definition) is 0. The molecule has 292 valence electrons. The van der Waals surface area contributed by atoms with Crippen molar-refractivity contribution in [1.82, 2.24) is 29.9 Å². The van der Waals surface area contributed by atoms with Crippen LogP contribution in [0.1, 0.15) is 11.4 Å². The van der Waals surface area contributed by atoms with Crippen LogP contribution in [-0.2, 0) is 42.1 Å². The van der Waals surface area contributed by atoms with Gasteiger partial charge in [0.05, 0.1) is 0 Å². The van der Waals surface area contributed by atoms with Crippen LogP contribution in [0.25, 0.3) is 66.4 Å². The summed E-state index contributed by atoms with van der Waals surface area (Å²) in [5.41, 5.74) is 7.06. The van der Waals surface area contributed by atoms with E-state index in [0.717, 1.165) is 68.8 Å². The number of fused-ring (bicyclic) bond motifs is 6. The second-order valence-corrected chi connectivity index (χ2v) is 12.4. The largest absolute Gasteiger partial charge is 2.00 e. The first-order valence-electron chi connectivity index (χ1n) is 17.4. The topological polar surface area (TPSA) is 79.8 Å². The Kier molecular flexibility index (Phi) is 15.0. The van der Waals surface area contributed by atoms with Crippen LogP contribution in [0.15, 0.2) is 146 Å². The summed E-state index contributed by atoms with van der Waals surface area (Å²) in [5.74, 6) is -2.57. The van der Waals surface area contributed by atoms with Gasteiger partial charge < -0.3 is 29.9 Å². The van der Waals surface area contributed by atoms with Gasteiger partial charge in [0.15, 0.2) is 0 Å². The van der Waals surface area contributed by atoms with Gasteiger partial charge in [0.2, 0.25) is 0 Å². The molecule has 12 heteroatoms. The van der Waals surface area contributed by atoms with E-state index in [-0.39, 0.29) is 53.3 Å². The summed E-state index contributed by atoms with van der Waals surface area (Å²) >= 11 is 0. The van der Waals surface area contributed by atoms with Crippen molar-refractivity contribution in [2.75, 3.05) is 0 Å². The van der Waals surface area contributed by atoms with Crippen LogP contribution in [0.4, 0.5) is 17.6 Å². The van der Waals surface area contributed by atoms with Crippen LogP contribution < -0.4 is 9.97 Å². The fraction of sp³-hybridized carbons (Fsp3) is 0.0435. The average Bonchev–Trinajstić information content (AvgIpc) is 3.76. The zero-order chi connectivity index (χ0) is 39.0. The number of halogens is 4. The van der Waals surface area contributed by atoms with E-state index in [9.17, 15) is 17.6 Å². The molecular weight excluding hydrogens is 1100 g/mol. The molecule has 6 aromatic heterocycles. The molecule has 10 aromatic rings. The molecule has 0 bridgehead atoms. The maximum atomic E-state index is 13.2. The summed E-state index contributed by atoms with van der Waals surface area (Å²) in [5, 5.41) is 4.67. The summed E-state index contributed by atoms with van der Waals surface area (Å²) < 4.78 is 51.6. The first kappa shape index (κ1) is 43.3. The molecule has 0 unspecified atom stereocenters. The van der Waals surface area contributed by atoms with Gasteiger partial charge in [0.25, 0.3) is 0 Å². The van der Waals surface area contributed by atoms with Gasteiger partial charge >= 0.3 is 42.1 Å². The number of aryl methyl sites for hydroxylation is 2. The van der Waals surface area contributed by atoms with E-state index in [2.05, 4.69) is 66.3 Å². The van der Waals surface area contributed by atoms with Crippen LogP contribution in [0.2, 0.25) is 0 Å². The third-order valence-electron chi connectivity index (χ3n) is 8.43. The molecule has 4 aromatic carbocycles. The monoisotopic (exact) mass is 1130 g/mol. The van der Waals surface area contributed by atoms with Crippen LogP contribution in [0.3, 0.4) is 0 Å². The van der Waals surface area contributed by atoms with E-state index in [1.165, 1.54) is 10.8 Å². The number of benzene rings is 4. The molecule has 0 saturated carbocycles. The molecule has 10 rings (SSSR count). The smallest absolute Gasteiger partial charge is 0.439 e. The van der Waals surface area contributed by atoms with Crippen molar-refractivity contribution in [2.24, 2.45) is 0 Å². The van der Waals surface area contributed by atoms with Crippen molar-refractivity contribution < 1.29 is 59.7 Å². The van der Waals surface area contributed by atoms with Gasteiger partial charge in [0, 0.05) is 35.7 Å². The quantitative estimate of drug-likeness (QED) is 0.127. The Morgan fingerprint density at radius 1 is 0.466 bits per heavy atom. The van der Waals surface area contributed by atoms with Crippen LogP contribution in [0, 0.1) is 49.2 Å². The third kappa shape index (κ3) is 10.4. The molecular formula is C46H30F4N6Pt2. The molecule has 6 heterocycles. The minimum absolute atomic E-state index is 0. The predicted octanol–water partition coefficient (Wildman–Crippen LogP) is 11.0. The minimum Gasteiger partial charge on any atom is -0.439 e. The summed E-state index contributed by atoms with van der Waals surface area (Å²) in [4.78, 5) is 25.6. The first-order chi connectivity index (χ1) is 27.2. The molecule has 0 amide bonds. The van der Waals surface area contributed by atoms with E-state index < -0.39 is 23.3 Å². The van der Waals surface area contributed by atoms with Gasteiger partial charge in [-0.25, -0.2) is 0 Å². The Bertz CT molecular complexity index is 2710. The van der Waals surface area contributed by atoms with Crippen LogP contribution >= 0.6 is 0 Å². The van der Waals surface area contributed by atoms with Gasteiger partial charge in [0.1, 0.15) is 0 Å². The molecule has 0 spiro atoms. The molecule has 0 aliphatic carbocycles. The molecule has 0 atom stereocenters.